The molecule has 1 amide bonds. The highest BCUT2D eigenvalue weighted by Crippen LogP contribution is 2.27. The number of carbonyl (C=O) groups excluding carboxylic acids is 1. The summed E-state index contributed by atoms with van der Waals surface area (Å²) in [5.74, 6) is 0.854. The van der Waals surface area contributed by atoms with Crippen LogP contribution in [0.3, 0.4) is 0 Å². The lowest BCUT2D eigenvalue weighted by molar-refractivity contribution is 0.0691. The summed E-state index contributed by atoms with van der Waals surface area (Å²) in [7, 11) is 0. The van der Waals surface area contributed by atoms with Crippen molar-refractivity contribution in [3.05, 3.63) is 34.9 Å². The van der Waals surface area contributed by atoms with Gasteiger partial charge in [-0.05, 0) is 42.0 Å². The van der Waals surface area contributed by atoms with E-state index in [-0.39, 0.29) is 5.91 Å². The minimum Gasteiger partial charge on any atom is -0.372 e. The highest BCUT2D eigenvalue weighted by Gasteiger charge is 2.26. The zero-order chi connectivity index (χ0) is 14.1. The number of piperidine rings is 1. The summed E-state index contributed by atoms with van der Waals surface area (Å²) in [5.41, 5.74) is 3.19. The Hall–Kier alpha value is -0.870. The zero-order valence-electron chi connectivity index (χ0n) is 11.8. The number of fused-ring (bicyclic) bond motifs is 1. The number of nitrogens with zero attached hydrogens (tertiary/aromatic N) is 1. The third-order valence-corrected chi connectivity index (χ3v) is 5.19. The van der Waals surface area contributed by atoms with Crippen LogP contribution in [0.2, 0.25) is 0 Å². The van der Waals surface area contributed by atoms with Crippen molar-refractivity contribution in [3.8, 4) is 0 Å². The third-order valence-electron chi connectivity index (χ3n) is 4.44. The van der Waals surface area contributed by atoms with E-state index in [0.29, 0.717) is 24.0 Å². The Morgan fingerprint density at radius 3 is 2.70 bits per heavy atom. The fourth-order valence-corrected chi connectivity index (χ4v) is 3.58. The van der Waals surface area contributed by atoms with Crippen molar-refractivity contribution >= 4 is 21.8 Å². The summed E-state index contributed by atoms with van der Waals surface area (Å²) in [6.45, 7) is 5.25. The lowest BCUT2D eigenvalue weighted by Gasteiger charge is -2.33. The van der Waals surface area contributed by atoms with Crippen molar-refractivity contribution in [2.24, 2.45) is 5.92 Å². The maximum absolute atomic E-state index is 12.5. The Labute approximate surface area is 128 Å². The number of likely N-dealkylation sites (tertiary alicyclic amines) is 1. The standard InChI is InChI=1S/C16H20BrNO2/c1-11(17)12-4-6-18(7-5-12)16(19)13-2-3-14-9-20-10-15(14)8-13/h2-3,8,11-12H,4-7,9-10H2,1H3. The van der Waals surface area contributed by atoms with Gasteiger partial charge in [0.1, 0.15) is 0 Å². The predicted molar refractivity (Wildman–Crippen MR) is 82.0 cm³/mol. The molecule has 108 valence electrons. The molecule has 4 heteroatoms. The number of amides is 1. The molecule has 2 aliphatic rings. The summed E-state index contributed by atoms with van der Waals surface area (Å²) in [5, 5.41) is 0. The smallest absolute Gasteiger partial charge is 0.253 e. The molecule has 0 radical (unpaired) electrons. The number of hydrogen-bond acceptors (Lipinski definition) is 2. The molecule has 20 heavy (non-hydrogen) atoms. The van der Waals surface area contributed by atoms with Gasteiger partial charge in [-0.15, -0.1) is 0 Å². The van der Waals surface area contributed by atoms with Crippen LogP contribution in [0.1, 0.15) is 41.3 Å². The van der Waals surface area contributed by atoms with Gasteiger partial charge in [0.25, 0.3) is 5.91 Å². The molecule has 0 aliphatic carbocycles. The quantitative estimate of drug-likeness (QED) is 0.774. The third kappa shape index (κ3) is 2.77. The number of carbonyl (C=O) groups is 1. The second-order valence-corrected chi connectivity index (χ2v) is 7.23. The predicted octanol–water partition coefficient (Wildman–Crippen LogP) is 3.35. The molecule has 3 rings (SSSR count). The van der Waals surface area contributed by atoms with Crippen LogP contribution in [0.5, 0.6) is 0 Å². The molecule has 0 bridgehead atoms. The first-order valence-corrected chi connectivity index (χ1v) is 8.19. The van der Waals surface area contributed by atoms with Crippen LogP contribution in [0, 0.1) is 5.92 Å². The minimum absolute atomic E-state index is 0.167. The Morgan fingerprint density at radius 2 is 2.00 bits per heavy atom. The largest absolute Gasteiger partial charge is 0.372 e. The molecule has 2 aliphatic heterocycles. The van der Waals surface area contributed by atoms with Crippen molar-refractivity contribution in [1.82, 2.24) is 4.90 Å². The van der Waals surface area contributed by atoms with E-state index in [1.807, 2.05) is 23.1 Å². The van der Waals surface area contributed by atoms with Crippen molar-refractivity contribution in [3.63, 3.8) is 0 Å². The highest BCUT2D eigenvalue weighted by molar-refractivity contribution is 9.09. The fourth-order valence-electron chi connectivity index (χ4n) is 3.05. The van der Waals surface area contributed by atoms with Crippen molar-refractivity contribution in [2.75, 3.05) is 13.1 Å². The summed E-state index contributed by atoms with van der Waals surface area (Å²) >= 11 is 3.65. The van der Waals surface area contributed by atoms with Gasteiger partial charge < -0.3 is 9.64 Å². The Kier molecular flexibility index (Phi) is 4.13. The lowest BCUT2D eigenvalue weighted by Crippen LogP contribution is -2.40. The first kappa shape index (κ1) is 14.1. The maximum atomic E-state index is 12.5. The second kappa shape index (κ2) is 5.86. The molecule has 1 aromatic rings. The molecule has 1 atom stereocenters. The summed E-state index contributed by atoms with van der Waals surface area (Å²) in [4.78, 5) is 15.1. The number of hydrogen-bond donors (Lipinski definition) is 0. The van der Waals surface area contributed by atoms with Crippen LogP contribution in [-0.4, -0.2) is 28.7 Å². The topological polar surface area (TPSA) is 29.5 Å². The van der Waals surface area contributed by atoms with E-state index in [2.05, 4.69) is 22.9 Å². The van der Waals surface area contributed by atoms with Crippen molar-refractivity contribution in [1.29, 1.82) is 0 Å². The monoisotopic (exact) mass is 337 g/mol. The second-order valence-electron chi connectivity index (χ2n) is 5.78. The number of ether oxygens (including phenoxy) is 1. The van der Waals surface area contributed by atoms with E-state index >= 15 is 0 Å². The average molecular weight is 338 g/mol. The van der Waals surface area contributed by atoms with Crippen LogP contribution in [-0.2, 0) is 18.0 Å². The van der Waals surface area contributed by atoms with Gasteiger partial charge in [-0.3, -0.25) is 4.79 Å². The minimum atomic E-state index is 0.167. The fraction of sp³-hybridized carbons (Fsp3) is 0.562. The van der Waals surface area contributed by atoms with Crippen LogP contribution in [0.15, 0.2) is 18.2 Å². The molecule has 3 nitrogen and oxygen atoms in total. The molecule has 0 saturated carbocycles. The SMILES string of the molecule is CC(Br)C1CCN(C(=O)c2ccc3c(c2)COC3)CC1. The lowest BCUT2D eigenvalue weighted by atomic mass is 9.94. The van der Waals surface area contributed by atoms with Crippen LogP contribution < -0.4 is 0 Å². The van der Waals surface area contributed by atoms with Crippen molar-refractivity contribution < 1.29 is 9.53 Å². The molecule has 0 spiro atoms. The van der Waals surface area contributed by atoms with Gasteiger partial charge in [0.15, 0.2) is 0 Å². The maximum Gasteiger partial charge on any atom is 0.253 e. The van der Waals surface area contributed by atoms with Gasteiger partial charge in [-0.2, -0.15) is 0 Å². The summed E-state index contributed by atoms with van der Waals surface area (Å²) in [6, 6.07) is 5.97. The van der Waals surface area contributed by atoms with E-state index in [1.165, 1.54) is 11.1 Å². The van der Waals surface area contributed by atoms with E-state index in [0.717, 1.165) is 31.5 Å². The first-order chi connectivity index (χ1) is 9.65. The van der Waals surface area contributed by atoms with Crippen LogP contribution in [0.4, 0.5) is 0 Å². The highest BCUT2D eigenvalue weighted by atomic mass is 79.9. The Bertz CT molecular complexity index is 507. The van der Waals surface area contributed by atoms with Gasteiger partial charge in [-0.1, -0.05) is 28.9 Å². The van der Waals surface area contributed by atoms with Crippen molar-refractivity contribution in [2.45, 2.75) is 37.8 Å². The molecule has 2 heterocycles. The van der Waals surface area contributed by atoms with Gasteiger partial charge >= 0.3 is 0 Å². The van der Waals surface area contributed by atoms with E-state index in [4.69, 9.17) is 4.74 Å². The Morgan fingerprint density at radius 1 is 1.30 bits per heavy atom. The van der Waals surface area contributed by atoms with E-state index in [9.17, 15) is 4.79 Å². The molecular weight excluding hydrogens is 318 g/mol. The number of alkyl halides is 1. The molecule has 0 N–H and O–H groups in total. The first-order valence-electron chi connectivity index (χ1n) is 7.28. The summed E-state index contributed by atoms with van der Waals surface area (Å²) in [6.07, 6.45) is 2.18. The van der Waals surface area contributed by atoms with Gasteiger partial charge in [-0.25, -0.2) is 0 Å². The zero-order valence-corrected chi connectivity index (χ0v) is 13.4. The molecule has 1 unspecified atom stereocenters. The van der Waals surface area contributed by atoms with Gasteiger partial charge in [0.05, 0.1) is 13.2 Å². The number of rotatable bonds is 2. The molecular formula is C16H20BrNO2. The Balaban J connectivity index is 1.68. The van der Waals surface area contributed by atoms with E-state index < -0.39 is 0 Å². The van der Waals surface area contributed by atoms with Crippen LogP contribution >= 0.6 is 15.9 Å². The molecule has 1 saturated heterocycles. The normalized spacial score (nSPS) is 20.8. The van der Waals surface area contributed by atoms with Gasteiger partial charge in [0, 0.05) is 23.5 Å². The average Bonchev–Trinajstić information content (AvgIpc) is 2.94. The number of halogens is 1. The van der Waals surface area contributed by atoms with Gasteiger partial charge in [0.2, 0.25) is 0 Å². The summed E-state index contributed by atoms with van der Waals surface area (Å²) < 4.78 is 5.41. The number of benzene rings is 1. The molecule has 0 aromatic heterocycles. The van der Waals surface area contributed by atoms with Crippen LogP contribution in [0.25, 0.3) is 0 Å². The molecule has 1 aromatic carbocycles. The van der Waals surface area contributed by atoms with E-state index in [1.54, 1.807) is 0 Å². The molecule has 1 fully saturated rings.